The van der Waals surface area contributed by atoms with Crippen molar-refractivity contribution in [3.05, 3.63) is 62.8 Å². The van der Waals surface area contributed by atoms with E-state index in [2.05, 4.69) is 15.9 Å². The van der Waals surface area contributed by atoms with Crippen molar-refractivity contribution >= 4 is 27.5 Å². The van der Waals surface area contributed by atoms with Gasteiger partial charge in [0.2, 0.25) is 0 Å². The van der Waals surface area contributed by atoms with Crippen molar-refractivity contribution in [1.29, 1.82) is 0 Å². The molecule has 0 saturated heterocycles. The van der Waals surface area contributed by atoms with Crippen LogP contribution in [-0.4, -0.2) is 7.11 Å². The number of hydrogen-bond donors (Lipinski definition) is 1. The van der Waals surface area contributed by atoms with Crippen LogP contribution in [0.2, 0.25) is 5.02 Å². The van der Waals surface area contributed by atoms with Gasteiger partial charge in [0.25, 0.3) is 0 Å². The number of halogens is 3. The minimum atomic E-state index is -0.629. The molecule has 2 aromatic carbocycles. The van der Waals surface area contributed by atoms with E-state index < -0.39 is 11.9 Å². The predicted octanol–water partition coefficient (Wildman–Crippen LogP) is 4.30. The Morgan fingerprint density at radius 2 is 2.05 bits per heavy atom. The number of nitrogens with two attached hydrogens (primary N) is 1. The molecule has 1 unspecified atom stereocenters. The van der Waals surface area contributed by atoms with Crippen molar-refractivity contribution in [1.82, 2.24) is 0 Å². The summed E-state index contributed by atoms with van der Waals surface area (Å²) in [5.74, 6) is 0.280. The van der Waals surface area contributed by atoms with Gasteiger partial charge >= 0.3 is 0 Å². The van der Waals surface area contributed by atoms with Crippen LogP contribution < -0.4 is 10.5 Å². The molecule has 0 aliphatic heterocycles. The van der Waals surface area contributed by atoms with Gasteiger partial charge in [0.15, 0.2) is 0 Å². The highest BCUT2D eigenvalue weighted by Crippen LogP contribution is 2.33. The smallest absolute Gasteiger partial charge is 0.133 e. The van der Waals surface area contributed by atoms with Gasteiger partial charge < -0.3 is 10.5 Å². The molecule has 0 heterocycles. The van der Waals surface area contributed by atoms with E-state index in [4.69, 9.17) is 22.1 Å². The van der Waals surface area contributed by atoms with Gasteiger partial charge in [-0.15, -0.1) is 0 Å². The minimum absolute atomic E-state index is 0.293. The summed E-state index contributed by atoms with van der Waals surface area (Å²) in [6.07, 6.45) is 0. The first kappa shape index (κ1) is 14.3. The first-order valence-electron chi connectivity index (χ1n) is 5.57. The lowest BCUT2D eigenvalue weighted by molar-refractivity contribution is 0.412. The molecule has 0 spiro atoms. The van der Waals surface area contributed by atoms with Crippen LogP contribution in [0, 0.1) is 5.82 Å². The molecule has 0 saturated carbocycles. The molecular weight excluding hydrogens is 333 g/mol. The van der Waals surface area contributed by atoms with E-state index in [0.29, 0.717) is 16.3 Å². The van der Waals surface area contributed by atoms with Gasteiger partial charge in [-0.25, -0.2) is 4.39 Å². The van der Waals surface area contributed by atoms with Gasteiger partial charge in [0, 0.05) is 10.6 Å². The maximum atomic E-state index is 13.8. The zero-order valence-corrected chi connectivity index (χ0v) is 12.5. The largest absolute Gasteiger partial charge is 0.496 e. The van der Waals surface area contributed by atoms with Crippen LogP contribution in [0.25, 0.3) is 0 Å². The molecule has 2 nitrogen and oxygen atoms in total. The Bertz CT molecular complexity index is 586. The van der Waals surface area contributed by atoms with Crippen LogP contribution in [0.15, 0.2) is 40.9 Å². The summed E-state index contributed by atoms with van der Waals surface area (Å²) in [6, 6.07) is 9.25. The lowest BCUT2D eigenvalue weighted by atomic mass is 9.99. The summed E-state index contributed by atoms with van der Waals surface area (Å²) >= 11 is 9.39. The van der Waals surface area contributed by atoms with E-state index in [1.807, 2.05) is 0 Å². The highest BCUT2D eigenvalue weighted by molar-refractivity contribution is 9.10. The Balaban J connectivity index is 2.44. The molecule has 2 N–H and O–H groups in total. The molecule has 19 heavy (non-hydrogen) atoms. The Kier molecular flexibility index (Phi) is 4.45. The number of ether oxygens (including phenoxy) is 1. The standard InChI is InChI=1S/C14H12BrClFNO/c1-19-12-6-5-8(7-9(12)15)14(18)13-10(16)3-2-4-11(13)17/h2-7,14H,18H2,1H3. The highest BCUT2D eigenvalue weighted by atomic mass is 79.9. The molecule has 2 aromatic rings. The topological polar surface area (TPSA) is 35.2 Å². The lowest BCUT2D eigenvalue weighted by Crippen LogP contribution is -2.14. The highest BCUT2D eigenvalue weighted by Gasteiger charge is 2.18. The van der Waals surface area contributed by atoms with Crippen LogP contribution in [0.4, 0.5) is 4.39 Å². The van der Waals surface area contributed by atoms with E-state index in [0.717, 1.165) is 10.0 Å². The molecular formula is C14H12BrClFNO. The predicted molar refractivity (Wildman–Crippen MR) is 78.1 cm³/mol. The molecule has 0 amide bonds. The minimum Gasteiger partial charge on any atom is -0.496 e. The fourth-order valence-electron chi connectivity index (χ4n) is 1.85. The maximum absolute atomic E-state index is 13.8. The number of benzene rings is 2. The first-order valence-corrected chi connectivity index (χ1v) is 6.74. The monoisotopic (exact) mass is 343 g/mol. The van der Waals surface area contributed by atoms with Crippen molar-refractivity contribution in [2.24, 2.45) is 5.73 Å². The summed E-state index contributed by atoms with van der Waals surface area (Å²) in [7, 11) is 1.58. The Labute approximate surface area is 124 Å². The molecule has 0 aliphatic carbocycles. The van der Waals surface area contributed by atoms with Gasteiger partial charge in [-0.1, -0.05) is 23.7 Å². The maximum Gasteiger partial charge on any atom is 0.133 e. The van der Waals surface area contributed by atoms with Crippen molar-refractivity contribution < 1.29 is 9.13 Å². The van der Waals surface area contributed by atoms with Gasteiger partial charge in [0.05, 0.1) is 17.6 Å². The zero-order chi connectivity index (χ0) is 14.0. The summed E-state index contributed by atoms with van der Waals surface area (Å²) in [4.78, 5) is 0. The summed E-state index contributed by atoms with van der Waals surface area (Å²) in [5.41, 5.74) is 7.13. The molecule has 0 bridgehead atoms. The van der Waals surface area contributed by atoms with Crippen molar-refractivity contribution in [2.45, 2.75) is 6.04 Å². The Morgan fingerprint density at radius 1 is 1.32 bits per heavy atom. The normalized spacial score (nSPS) is 12.3. The van der Waals surface area contributed by atoms with E-state index in [9.17, 15) is 4.39 Å². The van der Waals surface area contributed by atoms with E-state index in [-0.39, 0.29) is 0 Å². The van der Waals surface area contributed by atoms with Crippen LogP contribution in [-0.2, 0) is 0 Å². The average Bonchev–Trinajstić information content (AvgIpc) is 2.38. The Hall–Kier alpha value is -1.10. The third-order valence-corrected chi connectivity index (χ3v) is 3.79. The zero-order valence-electron chi connectivity index (χ0n) is 10.2. The number of hydrogen-bond acceptors (Lipinski definition) is 2. The van der Waals surface area contributed by atoms with Crippen molar-refractivity contribution in [3.63, 3.8) is 0 Å². The fraction of sp³-hybridized carbons (Fsp3) is 0.143. The first-order chi connectivity index (χ1) is 9.04. The third-order valence-electron chi connectivity index (χ3n) is 2.85. The van der Waals surface area contributed by atoms with E-state index in [1.165, 1.54) is 6.07 Å². The van der Waals surface area contributed by atoms with Gasteiger partial charge in [-0.05, 0) is 45.8 Å². The summed E-state index contributed by atoms with van der Waals surface area (Å²) in [6.45, 7) is 0. The van der Waals surface area contributed by atoms with Gasteiger partial charge in [-0.2, -0.15) is 0 Å². The number of methoxy groups -OCH3 is 1. The number of rotatable bonds is 3. The molecule has 0 fully saturated rings. The van der Waals surface area contributed by atoms with Crippen LogP contribution >= 0.6 is 27.5 Å². The van der Waals surface area contributed by atoms with Crippen molar-refractivity contribution in [2.75, 3.05) is 7.11 Å². The molecule has 100 valence electrons. The summed E-state index contributed by atoms with van der Waals surface area (Å²) in [5, 5.41) is 0.319. The molecule has 1 atom stereocenters. The Morgan fingerprint density at radius 3 is 2.63 bits per heavy atom. The van der Waals surface area contributed by atoms with E-state index in [1.54, 1.807) is 37.4 Å². The van der Waals surface area contributed by atoms with Crippen LogP contribution in [0.1, 0.15) is 17.2 Å². The average molecular weight is 345 g/mol. The third kappa shape index (κ3) is 2.91. The molecule has 0 aliphatic rings. The molecule has 0 aromatic heterocycles. The SMILES string of the molecule is COc1ccc(C(N)c2c(F)cccc2Cl)cc1Br. The second-order valence-corrected chi connectivity index (χ2v) is 5.27. The molecule has 0 radical (unpaired) electrons. The molecule has 5 heteroatoms. The lowest BCUT2D eigenvalue weighted by Gasteiger charge is -2.16. The molecule has 2 rings (SSSR count). The van der Waals surface area contributed by atoms with Crippen LogP contribution in [0.3, 0.4) is 0 Å². The second-order valence-electron chi connectivity index (χ2n) is 4.01. The summed E-state index contributed by atoms with van der Waals surface area (Å²) < 4.78 is 19.7. The van der Waals surface area contributed by atoms with Crippen molar-refractivity contribution in [3.8, 4) is 5.75 Å². The van der Waals surface area contributed by atoms with E-state index >= 15 is 0 Å². The van der Waals surface area contributed by atoms with Crippen LogP contribution in [0.5, 0.6) is 5.75 Å². The van der Waals surface area contributed by atoms with Gasteiger partial charge in [-0.3, -0.25) is 0 Å². The van der Waals surface area contributed by atoms with Gasteiger partial charge in [0.1, 0.15) is 11.6 Å². The quantitative estimate of drug-likeness (QED) is 0.901. The second kappa shape index (κ2) is 5.90. The fourth-order valence-corrected chi connectivity index (χ4v) is 2.69.